The van der Waals surface area contributed by atoms with Crippen LogP contribution in [0.15, 0.2) is 33.2 Å². The summed E-state index contributed by atoms with van der Waals surface area (Å²) in [6.45, 7) is 3.96. The van der Waals surface area contributed by atoms with E-state index in [2.05, 4.69) is 20.6 Å². The van der Waals surface area contributed by atoms with E-state index >= 15 is 0 Å². The predicted molar refractivity (Wildman–Crippen MR) is 80.5 cm³/mol. The van der Waals surface area contributed by atoms with Crippen LogP contribution in [0, 0.1) is 6.92 Å². The third-order valence-electron chi connectivity index (χ3n) is 3.12. The van der Waals surface area contributed by atoms with Gasteiger partial charge in [-0.1, -0.05) is 13.0 Å². The average molecular weight is 300 g/mol. The normalized spacial score (nSPS) is 10.8. The molecule has 2 heterocycles. The number of oxazole rings is 2. The lowest BCUT2D eigenvalue weighted by molar-refractivity contribution is 0.250. The number of carbonyl (C=O) groups excluding carboxylic acids is 1. The fourth-order valence-electron chi connectivity index (χ4n) is 2.08. The summed E-state index contributed by atoms with van der Waals surface area (Å²) in [6.07, 6.45) is 2.43. The lowest BCUT2D eigenvalue weighted by Gasteiger charge is -2.06. The second-order valence-electron chi connectivity index (χ2n) is 4.77. The van der Waals surface area contributed by atoms with E-state index < -0.39 is 0 Å². The average Bonchev–Trinajstić information content (AvgIpc) is 3.11. The third kappa shape index (κ3) is 2.93. The third-order valence-corrected chi connectivity index (χ3v) is 3.12. The number of rotatable bonds is 4. The highest BCUT2D eigenvalue weighted by atomic mass is 16.4. The number of para-hydroxylation sites is 1. The van der Waals surface area contributed by atoms with Crippen molar-refractivity contribution in [3.8, 4) is 0 Å². The summed E-state index contributed by atoms with van der Waals surface area (Å²) >= 11 is 0. The second-order valence-corrected chi connectivity index (χ2v) is 4.77. The summed E-state index contributed by atoms with van der Waals surface area (Å²) in [7, 11) is 0. The van der Waals surface area contributed by atoms with Gasteiger partial charge in [-0.25, -0.2) is 14.8 Å². The number of nitrogens with zero attached hydrogens (tertiary/aromatic N) is 2. The van der Waals surface area contributed by atoms with Gasteiger partial charge < -0.3 is 19.5 Å². The first-order valence-electron chi connectivity index (χ1n) is 7.00. The molecule has 0 aliphatic heterocycles. The van der Waals surface area contributed by atoms with Gasteiger partial charge in [0.05, 0.1) is 18.4 Å². The topological polar surface area (TPSA) is 93.2 Å². The molecule has 0 saturated heterocycles. The zero-order valence-electron chi connectivity index (χ0n) is 12.3. The first-order valence-corrected chi connectivity index (χ1v) is 7.00. The van der Waals surface area contributed by atoms with Crippen LogP contribution in [0.1, 0.15) is 24.5 Å². The summed E-state index contributed by atoms with van der Waals surface area (Å²) in [4.78, 5) is 20.3. The molecule has 2 N–H and O–H groups in total. The van der Waals surface area contributed by atoms with Gasteiger partial charge >= 0.3 is 6.03 Å². The van der Waals surface area contributed by atoms with Crippen LogP contribution in [-0.4, -0.2) is 16.0 Å². The number of urea groups is 1. The maximum absolute atomic E-state index is 12.0. The van der Waals surface area contributed by atoms with E-state index in [0.29, 0.717) is 28.6 Å². The zero-order chi connectivity index (χ0) is 15.5. The molecule has 0 unspecified atom stereocenters. The minimum atomic E-state index is -0.357. The predicted octanol–water partition coefficient (Wildman–Crippen LogP) is 3.01. The number of anilines is 1. The van der Waals surface area contributed by atoms with E-state index in [0.717, 1.165) is 12.2 Å². The standard InChI is InChI=1S/C15H16N4O3/c1-3-10-7-16-13(22-10)8-17-15(20)19-11-5-4-6-12-14(11)18-9(2)21-12/h4-7H,3,8H2,1-2H3,(H2,17,19,20). The number of carbonyl (C=O) groups is 1. The molecule has 0 saturated carbocycles. The Bertz CT molecular complexity index is 806. The van der Waals surface area contributed by atoms with Crippen LogP contribution >= 0.6 is 0 Å². The van der Waals surface area contributed by atoms with E-state index in [4.69, 9.17) is 8.83 Å². The summed E-state index contributed by atoms with van der Waals surface area (Å²) in [5.41, 5.74) is 1.85. The van der Waals surface area contributed by atoms with Gasteiger partial charge in [0.25, 0.3) is 0 Å². The maximum Gasteiger partial charge on any atom is 0.319 e. The Morgan fingerprint density at radius 2 is 2.18 bits per heavy atom. The number of aromatic nitrogens is 2. The van der Waals surface area contributed by atoms with Gasteiger partial charge in [-0.15, -0.1) is 0 Å². The smallest absolute Gasteiger partial charge is 0.319 e. The molecule has 0 aliphatic carbocycles. The molecule has 2 amide bonds. The van der Waals surface area contributed by atoms with Gasteiger partial charge in [-0.05, 0) is 12.1 Å². The molecular formula is C15H16N4O3. The van der Waals surface area contributed by atoms with E-state index in [-0.39, 0.29) is 12.6 Å². The van der Waals surface area contributed by atoms with Crippen molar-refractivity contribution in [2.45, 2.75) is 26.8 Å². The molecule has 3 rings (SSSR count). The Morgan fingerprint density at radius 3 is 2.95 bits per heavy atom. The monoisotopic (exact) mass is 300 g/mol. The van der Waals surface area contributed by atoms with Gasteiger partial charge in [0.1, 0.15) is 11.3 Å². The Hall–Kier alpha value is -2.83. The van der Waals surface area contributed by atoms with E-state index in [1.165, 1.54) is 0 Å². The van der Waals surface area contributed by atoms with Gasteiger partial charge in [0.15, 0.2) is 11.5 Å². The van der Waals surface area contributed by atoms with Crippen LogP contribution in [0.4, 0.5) is 10.5 Å². The first-order chi connectivity index (χ1) is 10.7. The number of hydrogen-bond acceptors (Lipinski definition) is 5. The van der Waals surface area contributed by atoms with Crippen molar-refractivity contribution in [2.24, 2.45) is 0 Å². The fourth-order valence-corrected chi connectivity index (χ4v) is 2.08. The molecule has 0 radical (unpaired) electrons. The zero-order valence-corrected chi connectivity index (χ0v) is 12.3. The number of aryl methyl sites for hydroxylation is 2. The van der Waals surface area contributed by atoms with Crippen molar-refractivity contribution in [1.82, 2.24) is 15.3 Å². The van der Waals surface area contributed by atoms with Crippen LogP contribution in [0.25, 0.3) is 11.1 Å². The molecule has 0 aliphatic rings. The van der Waals surface area contributed by atoms with Gasteiger partial charge in [0, 0.05) is 13.3 Å². The highest BCUT2D eigenvalue weighted by Crippen LogP contribution is 2.23. The van der Waals surface area contributed by atoms with Gasteiger partial charge in [0.2, 0.25) is 5.89 Å². The highest BCUT2D eigenvalue weighted by molar-refractivity contribution is 5.98. The molecule has 0 bridgehead atoms. The summed E-state index contributed by atoms with van der Waals surface area (Å²) < 4.78 is 10.9. The first kappa shape index (κ1) is 14.1. The quantitative estimate of drug-likeness (QED) is 0.772. The number of benzene rings is 1. The Labute approximate surface area is 126 Å². The number of amides is 2. The van der Waals surface area contributed by atoms with Crippen LogP contribution < -0.4 is 10.6 Å². The molecule has 7 heteroatoms. The van der Waals surface area contributed by atoms with E-state index in [9.17, 15) is 4.79 Å². The minimum absolute atomic E-state index is 0.222. The van der Waals surface area contributed by atoms with Crippen LogP contribution in [-0.2, 0) is 13.0 Å². The van der Waals surface area contributed by atoms with Crippen LogP contribution in [0.5, 0.6) is 0 Å². The largest absolute Gasteiger partial charge is 0.444 e. The molecule has 3 aromatic rings. The second kappa shape index (κ2) is 5.88. The van der Waals surface area contributed by atoms with E-state index in [1.54, 1.807) is 31.3 Å². The summed E-state index contributed by atoms with van der Waals surface area (Å²) in [5.74, 6) is 1.82. The van der Waals surface area contributed by atoms with Gasteiger partial charge in [-0.3, -0.25) is 0 Å². The SMILES string of the molecule is CCc1cnc(CNC(=O)Nc2cccc3oc(C)nc23)o1. The molecule has 22 heavy (non-hydrogen) atoms. The molecule has 114 valence electrons. The molecule has 2 aromatic heterocycles. The van der Waals surface area contributed by atoms with Crippen molar-refractivity contribution in [3.05, 3.63) is 41.9 Å². The highest BCUT2D eigenvalue weighted by Gasteiger charge is 2.11. The number of hydrogen-bond donors (Lipinski definition) is 2. The van der Waals surface area contributed by atoms with Gasteiger partial charge in [-0.2, -0.15) is 0 Å². The maximum atomic E-state index is 12.0. The summed E-state index contributed by atoms with van der Waals surface area (Å²) in [6, 6.07) is 5.01. The van der Waals surface area contributed by atoms with Crippen molar-refractivity contribution in [1.29, 1.82) is 0 Å². The number of nitrogens with one attached hydrogen (secondary N) is 2. The molecular weight excluding hydrogens is 284 g/mol. The Morgan fingerprint density at radius 1 is 1.32 bits per heavy atom. The van der Waals surface area contributed by atoms with Crippen molar-refractivity contribution in [3.63, 3.8) is 0 Å². The molecule has 7 nitrogen and oxygen atoms in total. The molecule has 0 fully saturated rings. The minimum Gasteiger partial charge on any atom is -0.444 e. The van der Waals surface area contributed by atoms with Crippen LogP contribution in [0.3, 0.4) is 0 Å². The lowest BCUT2D eigenvalue weighted by Crippen LogP contribution is -2.28. The van der Waals surface area contributed by atoms with Crippen LogP contribution in [0.2, 0.25) is 0 Å². The van der Waals surface area contributed by atoms with Crippen molar-refractivity contribution in [2.75, 3.05) is 5.32 Å². The molecule has 0 spiro atoms. The lowest BCUT2D eigenvalue weighted by atomic mass is 10.3. The fraction of sp³-hybridized carbons (Fsp3) is 0.267. The molecule has 0 atom stereocenters. The number of fused-ring (bicyclic) bond motifs is 1. The molecule has 1 aromatic carbocycles. The van der Waals surface area contributed by atoms with E-state index in [1.807, 2.05) is 6.92 Å². The van der Waals surface area contributed by atoms with Crippen molar-refractivity contribution < 1.29 is 13.6 Å². The Kier molecular flexibility index (Phi) is 3.78. The van der Waals surface area contributed by atoms with Crippen molar-refractivity contribution >= 4 is 22.8 Å². The Balaban J connectivity index is 1.65. The summed E-state index contributed by atoms with van der Waals surface area (Å²) in [5, 5.41) is 5.44.